The largest absolute Gasteiger partial charge is 0.497 e. The van der Waals surface area contributed by atoms with Gasteiger partial charge < -0.3 is 15.0 Å². The summed E-state index contributed by atoms with van der Waals surface area (Å²) in [6.07, 6.45) is 1.06. The van der Waals surface area contributed by atoms with Crippen molar-refractivity contribution in [3.63, 3.8) is 0 Å². The number of fused-ring (bicyclic) bond motifs is 1. The Morgan fingerprint density at radius 1 is 1.19 bits per heavy atom. The van der Waals surface area contributed by atoms with Gasteiger partial charge in [0.2, 0.25) is 5.91 Å². The molecule has 0 aliphatic carbocycles. The van der Waals surface area contributed by atoms with Crippen LogP contribution >= 0.6 is 0 Å². The molecule has 0 bridgehead atoms. The number of carbonyl (C=O) groups excluding carboxylic acids is 2. The Balaban J connectivity index is 1.97. The lowest BCUT2D eigenvalue weighted by atomic mass is 10.1. The molecule has 6 heteroatoms. The first-order valence-corrected chi connectivity index (χ1v) is 9.01. The van der Waals surface area contributed by atoms with Crippen LogP contribution in [0.5, 0.6) is 5.75 Å². The van der Waals surface area contributed by atoms with Crippen molar-refractivity contribution >= 4 is 22.7 Å². The van der Waals surface area contributed by atoms with E-state index >= 15 is 0 Å². The first-order chi connectivity index (χ1) is 12.5. The summed E-state index contributed by atoms with van der Waals surface area (Å²) >= 11 is 0. The van der Waals surface area contributed by atoms with Gasteiger partial charge in [0.25, 0.3) is 5.91 Å². The maximum absolute atomic E-state index is 12.5. The molecule has 140 valence electrons. The van der Waals surface area contributed by atoms with Crippen molar-refractivity contribution in [3.05, 3.63) is 35.5 Å². The molecule has 0 fully saturated rings. The maximum atomic E-state index is 12.5. The van der Waals surface area contributed by atoms with Crippen molar-refractivity contribution in [3.8, 4) is 5.75 Å². The molecule has 0 aliphatic heterocycles. The number of benzene rings is 1. The molecule has 1 aromatic heterocycles. The number of hydrogen-bond donors (Lipinski definition) is 1. The van der Waals surface area contributed by atoms with E-state index in [9.17, 15) is 9.59 Å². The van der Waals surface area contributed by atoms with Crippen LogP contribution < -0.4 is 10.1 Å². The second-order valence-corrected chi connectivity index (χ2v) is 6.11. The average Bonchev–Trinajstić information content (AvgIpc) is 2.64. The van der Waals surface area contributed by atoms with Gasteiger partial charge in [-0.2, -0.15) is 0 Å². The van der Waals surface area contributed by atoms with Crippen molar-refractivity contribution in [1.82, 2.24) is 15.2 Å². The Hall–Kier alpha value is -2.63. The Kier molecular flexibility index (Phi) is 6.95. The molecular weight excluding hydrogens is 330 g/mol. The van der Waals surface area contributed by atoms with Crippen LogP contribution in [0.1, 0.15) is 42.7 Å². The molecule has 0 unspecified atom stereocenters. The van der Waals surface area contributed by atoms with Crippen LogP contribution in [0.4, 0.5) is 0 Å². The second-order valence-electron chi connectivity index (χ2n) is 6.11. The number of aryl methyl sites for hydroxylation is 1. The lowest BCUT2D eigenvalue weighted by Crippen LogP contribution is -2.31. The second kappa shape index (κ2) is 9.17. The molecular formula is C20H27N3O3. The van der Waals surface area contributed by atoms with Crippen molar-refractivity contribution in [2.24, 2.45) is 0 Å². The van der Waals surface area contributed by atoms with Gasteiger partial charge in [0, 0.05) is 37.5 Å². The number of ether oxygens (including phenoxy) is 1. The molecule has 0 saturated carbocycles. The van der Waals surface area contributed by atoms with Gasteiger partial charge in [-0.15, -0.1) is 0 Å². The van der Waals surface area contributed by atoms with E-state index in [4.69, 9.17) is 4.74 Å². The van der Waals surface area contributed by atoms with E-state index in [2.05, 4.69) is 10.3 Å². The summed E-state index contributed by atoms with van der Waals surface area (Å²) in [5.41, 5.74) is 2.02. The predicted octanol–water partition coefficient (Wildman–Crippen LogP) is 2.93. The summed E-state index contributed by atoms with van der Waals surface area (Å²) in [5, 5.41) is 3.77. The minimum Gasteiger partial charge on any atom is -0.497 e. The standard InChI is InChI=1S/C20H27N3O3/c1-5-23(6-2)19(24)8-7-11-21-20(25)17-12-15-9-10-16(26-4)13-18(15)22-14(17)3/h9-10,12-13H,5-8,11H2,1-4H3,(H,21,25). The quantitative estimate of drug-likeness (QED) is 0.738. The lowest BCUT2D eigenvalue weighted by Gasteiger charge is -2.18. The highest BCUT2D eigenvalue weighted by Gasteiger charge is 2.13. The Morgan fingerprint density at radius 2 is 1.92 bits per heavy atom. The van der Waals surface area contributed by atoms with Gasteiger partial charge in [0.15, 0.2) is 0 Å². The number of rotatable bonds is 8. The molecule has 0 aliphatic rings. The van der Waals surface area contributed by atoms with Crippen LogP contribution in [0.25, 0.3) is 10.9 Å². The van der Waals surface area contributed by atoms with E-state index in [0.717, 1.165) is 16.7 Å². The number of aromatic nitrogens is 1. The highest BCUT2D eigenvalue weighted by atomic mass is 16.5. The number of methoxy groups -OCH3 is 1. The van der Waals surface area contributed by atoms with E-state index in [-0.39, 0.29) is 11.8 Å². The number of nitrogens with one attached hydrogen (secondary N) is 1. The molecule has 26 heavy (non-hydrogen) atoms. The summed E-state index contributed by atoms with van der Waals surface area (Å²) in [5.74, 6) is 0.698. The number of hydrogen-bond acceptors (Lipinski definition) is 4. The van der Waals surface area contributed by atoms with Gasteiger partial charge >= 0.3 is 0 Å². The summed E-state index contributed by atoms with van der Waals surface area (Å²) in [7, 11) is 1.61. The topological polar surface area (TPSA) is 71.5 Å². The molecule has 1 heterocycles. The van der Waals surface area contributed by atoms with Crippen molar-refractivity contribution in [2.45, 2.75) is 33.6 Å². The molecule has 2 aromatic rings. The highest BCUT2D eigenvalue weighted by molar-refractivity contribution is 5.98. The molecule has 1 N–H and O–H groups in total. The third-order valence-electron chi connectivity index (χ3n) is 4.43. The van der Waals surface area contributed by atoms with Crippen LogP contribution in [0.2, 0.25) is 0 Å². The fraction of sp³-hybridized carbons (Fsp3) is 0.450. The van der Waals surface area contributed by atoms with E-state index < -0.39 is 0 Å². The van der Waals surface area contributed by atoms with Crippen LogP contribution in [-0.4, -0.2) is 48.4 Å². The molecule has 0 radical (unpaired) electrons. The van der Waals surface area contributed by atoms with Gasteiger partial charge in [-0.1, -0.05) is 0 Å². The van der Waals surface area contributed by atoms with E-state index in [1.54, 1.807) is 12.0 Å². The van der Waals surface area contributed by atoms with Gasteiger partial charge in [-0.05, 0) is 45.4 Å². The van der Waals surface area contributed by atoms with Crippen molar-refractivity contribution < 1.29 is 14.3 Å². The monoisotopic (exact) mass is 357 g/mol. The summed E-state index contributed by atoms with van der Waals surface area (Å²) in [6.45, 7) is 7.65. The van der Waals surface area contributed by atoms with E-state index in [1.807, 2.05) is 45.0 Å². The summed E-state index contributed by atoms with van der Waals surface area (Å²) in [4.78, 5) is 30.7. The van der Waals surface area contributed by atoms with Gasteiger partial charge in [-0.3, -0.25) is 14.6 Å². The zero-order chi connectivity index (χ0) is 19.1. The van der Waals surface area contributed by atoms with Gasteiger partial charge in [0.1, 0.15) is 5.75 Å². The normalized spacial score (nSPS) is 10.6. The maximum Gasteiger partial charge on any atom is 0.253 e. The van der Waals surface area contributed by atoms with Gasteiger partial charge in [0.05, 0.1) is 23.9 Å². The van der Waals surface area contributed by atoms with E-state index in [0.29, 0.717) is 43.7 Å². The van der Waals surface area contributed by atoms with E-state index in [1.165, 1.54) is 0 Å². The Bertz CT molecular complexity index is 785. The zero-order valence-corrected chi connectivity index (χ0v) is 16.0. The number of pyridine rings is 1. The molecule has 6 nitrogen and oxygen atoms in total. The Labute approximate surface area is 154 Å². The first kappa shape index (κ1) is 19.7. The Morgan fingerprint density at radius 3 is 2.58 bits per heavy atom. The summed E-state index contributed by atoms with van der Waals surface area (Å²) in [6, 6.07) is 7.43. The van der Waals surface area contributed by atoms with Crippen molar-refractivity contribution in [1.29, 1.82) is 0 Å². The minimum atomic E-state index is -0.164. The predicted molar refractivity (Wildman–Crippen MR) is 103 cm³/mol. The third kappa shape index (κ3) is 4.71. The minimum absolute atomic E-state index is 0.127. The smallest absolute Gasteiger partial charge is 0.253 e. The average molecular weight is 357 g/mol. The fourth-order valence-corrected chi connectivity index (χ4v) is 2.87. The fourth-order valence-electron chi connectivity index (χ4n) is 2.87. The molecule has 2 rings (SSSR count). The molecule has 1 aromatic carbocycles. The number of amides is 2. The van der Waals surface area contributed by atoms with Crippen LogP contribution in [-0.2, 0) is 4.79 Å². The molecule has 0 atom stereocenters. The molecule has 0 spiro atoms. The molecule has 2 amide bonds. The highest BCUT2D eigenvalue weighted by Crippen LogP contribution is 2.21. The SMILES string of the molecule is CCN(CC)C(=O)CCCNC(=O)c1cc2ccc(OC)cc2nc1C. The number of carbonyl (C=O) groups is 2. The van der Waals surface area contributed by atoms with Crippen LogP contribution in [0.3, 0.4) is 0 Å². The van der Waals surface area contributed by atoms with Crippen LogP contribution in [0.15, 0.2) is 24.3 Å². The third-order valence-corrected chi connectivity index (χ3v) is 4.43. The number of nitrogens with zero attached hydrogens (tertiary/aromatic N) is 2. The zero-order valence-electron chi connectivity index (χ0n) is 16.0. The molecule has 0 saturated heterocycles. The summed E-state index contributed by atoms with van der Waals surface area (Å²) < 4.78 is 5.21. The first-order valence-electron chi connectivity index (χ1n) is 9.01. The van der Waals surface area contributed by atoms with Crippen molar-refractivity contribution in [2.75, 3.05) is 26.7 Å². The van der Waals surface area contributed by atoms with Crippen LogP contribution in [0, 0.1) is 6.92 Å². The lowest BCUT2D eigenvalue weighted by molar-refractivity contribution is -0.130. The van der Waals surface area contributed by atoms with Gasteiger partial charge in [-0.25, -0.2) is 0 Å².